The summed E-state index contributed by atoms with van der Waals surface area (Å²) in [5.41, 5.74) is 1.49. The predicted molar refractivity (Wildman–Crippen MR) is 92.7 cm³/mol. The van der Waals surface area contributed by atoms with Crippen LogP contribution < -0.4 is 10.1 Å². The van der Waals surface area contributed by atoms with Gasteiger partial charge in [-0.15, -0.1) is 0 Å². The molecule has 1 saturated heterocycles. The molecular weight excluding hydrogens is 322 g/mol. The Morgan fingerprint density at radius 3 is 2.36 bits per heavy atom. The molecule has 2 bridgehead atoms. The first-order valence-electron chi connectivity index (χ1n) is 8.28. The van der Waals surface area contributed by atoms with Gasteiger partial charge in [-0.3, -0.25) is 9.59 Å². The van der Waals surface area contributed by atoms with Crippen LogP contribution >= 0.6 is 0 Å². The number of methoxy groups -OCH3 is 1. The van der Waals surface area contributed by atoms with Gasteiger partial charge in [-0.2, -0.15) is 0 Å². The van der Waals surface area contributed by atoms with E-state index in [2.05, 4.69) is 26.1 Å². The van der Waals surface area contributed by atoms with E-state index in [0.29, 0.717) is 11.4 Å². The summed E-state index contributed by atoms with van der Waals surface area (Å²) in [6.07, 6.45) is 2.44. The van der Waals surface area contributed by atoms with Gasteiger partial charge in [0.25, 0.3) is 0 Å². The predicted octanol–water partition coefficient (Wildman–Crippen LogP) is 2.59. The van der Waals surface area contributed by atoms with Crippen molar-refractivity contribution in [2.24, 2.45) is 11.8 Å². The minimum atomic E-state index is -1.02. The minimum absolute atomic E-state index is 0.0897. The Morgan fingerprint density at radius 2 is 1.80 bits per heavy atom. The summed E-state index contributed by atoms with van der Waals surface area (Å²) in [4.78, 5) is 24.4. The van der Waals surface area contributed by atoms with Crippen LogP contribution in [0, 0.1) is 11.8 Å². The number of fused-ring (bicyclic) bond motifs is 2. The van der Waals surface area contributed by atoms with Gasteiger partial charge in [0.2, 0.25) is 5.91 Å². The Kier molecular flexibility index (Phi) is 4.33. The second kappa shape index (κ2) is 6.19. The normalized spacial score (nSPS) is 27.4. The van der Waals surface area contributed by atoms with Crippen molar-refractivity contribution in [1.82, 2.24) is 0 Å². The molecule has 0 unspecified atom stereocenters. The lowest BCUT2D eigenvalue weighted by molar-refractivity contribution is -0.145. The molecule has 2 N–H and O–H groups in total. The molecule has 0 radical (unpaired) electrons. The third-order valence-electron chi connectivity index (χ3n) is 4.81. The van der Waals surface area contributed by atoms with Gasteiger partial charge in [0, 0.05) is 0 Å². The zero-order valence-corrected chi connectivity index (χ0v) is 14.8. The van der Waals surface area contributed by atoms with E-state index in [4.69, 9.17) is 9.47 Å². The van der Waals surface area contributed by atoms with Gasteiger partial charge in [-0.05, 0) is 23.1 Å². The summed E-state index contributed by atoms with van der Waals surface area (Å²) in [5.74, 6) is -2.48. The van der Waals surface area contributed by atoms with Gasteiger partial charge in [0.15, 0.2) is 0 Å². The molecule has 3 rings (SSSR count). The summed E-state index contributed by atoms with van der Waals surface area (Å²) in [7, 11) is 1.53. The lowest BCUT2D eigenvalue weighted by Crippen LogP contribution is -2.39. The van der Waals surface area contributed by atoms with Gasteiger partial charge < -0.3 is 19.9 Å². The maximum absolute atomic E-state index is 12.8. The number of amides is 1. The second-order valence-electron chi connectivity index (χ2n) is 7.49. The lowest BCUT2D eigenvalue weighted by Gasteiger charge is -2.24. The molecule has 1 fully saturated rings. The first kappa shape index (κ1) is 17.5. The van der Waals surface area contributed by atoms with Crippen LogP contribution in [0.3, 0.4) is 0 Å². The molecule has 4 atom stereocenters. The van der Waals surface area contributed by atoms with E-state index in [-0.39, 0.29) is 11.3 Å². The molecule has 2 heterocycles. The number of carbonyl (C=O) groups excluding carboxylic acids is 1. The van der Waals surface area contributed by atoms with Crippen LogP contribution in [0.5, 0.6) is 5.75 Å². The fraction of sp³-hybridized carbons (Fsp3) is 0.474. The second-order valence-corrected chi connectivity index (χ2v) is 7.49. The van der Waals surface area contributed by atoms with Crippen molar-refractivity contribution in [3.63, 3.8) is 0 Å². The number of aliphatic carboxylic acids is 1. The molecule has 25 heavy (non-hydrogen) atoms. The molecule has 1 aromatic rings. The highest BCUT2D eigenvalue weighted by Crippen LogP contribution is 2.40. The highest BCUT2D eigenvalue weighted by Gasteiger charge is 2.53. The van der Waals surface area contributed by atoms with Crippen LogP contribution in [0.2, 0.25) is 0 Å². The van der Waals surface area contributed by atoms with Crippen LogP contribution in [0.4, 0.5) is 5.69 Å². The number of carboxylic acid groups (broad SMARTS) is 1. The lowest BCUT2D eigenvalue weighted by atomic mass is 9.82. The standard InChI is InChI=1S/C19H23NO5/c1-19(2,3)10-5-6-12(24-4)11(9-10)20-17(21)15-13-7-8-14(25-13)16(15)18(22)23/h5-9,13-16H,1-4H3,(H,20,21)(H,22,23)/t13-,14-,15+,16+/m1/s1. The average Bonchev–Trinajstić information content (AvgIpc) is 3.14. The van der Waals surface area contributed by atoms with Crippen molar-refractivity contribution in [3.05, 3.63) is 35.9 Å². The van der Waals surface area contributed by atoms with Gasteiger partial charge in [0.05, 0.1) is 30.9 Å². The zero-order chi connectivity index (χ0) is 18.4. The average molecular weight is 345 g/mol. The highest BCUT2D eigenvalue weighted by atomic mass is 16.5. The molecule has 0 aliphatic carbocycles. The van der Waals surface area contributed by atoms with Gasteiger partial charge in [0.1, 0.15) is 11.7 Å². The van der Waals surface area contributed by atoms with E-state index in [1.165, 1.54) is 7.11 Å². The number of anilines is 1. The Labute approximate surface area is 146 Å². The summed E-state index contributed by atoms with van der Waals surface area (Å²) in [5, 5.41) is 12.3. The van der Waals surface area contributed by atoms with Gasteiger partial charge >= 0.3 is 5.97 Å². The van der Waals surface area contributed by atoms with Crippen LogP contribution in [0.1, 0.15) is 26.3 Å². The van der Waals surface area contributed by atoms with Crippen LogP contribution in [0.25, 0.3) is 0 Å². The van der Waals surface area contributed by atoms with Crippen molar-refractivity contribution in [1.29, 1.82) is 0 Å². The van der Waals surface area contributed by atoms with Crippen molar-refractivity contribution in [2.75, 3.05) is 12.4 Å². The molecule has 0 aromatic heterocycles. The summed E-state index contributed by atoms with van der Waals surface area (Å²) in [6, 6.07) is 5.64. The summed E-state index contributed by atoms with van der Waals surface area (Å²) in [6.45, 7) is 6.24. The maximum atomic E-state index is 12.8. The van der Waals surface area contributed by atoms with E-state index in [9.17, 15) is 14.7 Å². The minimum Gasteiger partial charge on any atom is -0.495 e. The first-order chi connectivity index (χ1) is 11.7. The van der Waals surface area contributed by atoms with Gasteiger partial charge in [-0.25, -0.2) is 0 Å². The summed E-state index contributed by atoms with van der Waals surface area (Å²) >= 11 is 0. The Morgan fingerprint density at radius 1 is 1.16 bits per heavy atom. The Hall–Kier alpha value is -2.34. The largest absolute Gasteiger partial charge is 0.495 e. The molecule has 2 aliphatic rings. The number of hydrogen-bond donors (Lipinski definition) is 2. The van der Waals surface area contributed by atoms with E-state index in [1.54, 1.807) is 12.2 Å². The molecule has 2 aliphatic heterocycles. The Balaban J connectivity index is 1.88. The number of ether oxygens (including phenoxy) is 2. The van der Waals surface area contributed by atoms with Crippen LogP contribution in [0.15, 0.2) is 30.4 Å². The molecule has 0 saturated carbocycles. The molecule has 6 nitrogen and oxygen atoms in total. The van der Waals surface area contributed by atoms with Gasteiger partial charge in [-0.1, -0.05) is 39.0 Å². The van der Waals surface area contributed by atoms with E-state index >= 15 is 0 Å². The fourth-order valence-electron chi connectivity index (χ4n) is 3.40. The molecule has 134 valence electrons. The number of carbonyl (C=O) groups is 2. The molecule has 1 amide bonds. The SMILES string of the molecule is COc1ccc(C(C)(C)C)cc1NC(=O)[C@@H]1[C@@H](C(=O)O)[C@H]2C=C[C@H]1O2. The summed E-state index contributed by atoms with van der Waals surface area (Å²) < 4.78 is 10.9. The third-order valence-corrected chi connectivity index (χ3v) is 4.81. The zero-order valence-electron chi connectivity index (χ0n) is 14.8. The molecule has 6 heteroatoms. The van der Waals surface area contributed by atoms with Crippen molar-refractivity contribution in [3.8, 4) is 5.75 Å². The smallest absolute Gasteiger partial charge is 0.310 e. The first-order valence-corrected chi connectivity index (χ1v) is 8.28. The van der Waals surface area contributed by atoms with Crippen LogP contribution in [-0.4, -0.2) is 36.3 Å². The van der Waals surface area contributed by atoms with E-state index in [0.717, 1.165) is 5.56 Å². The topological polar surface area (TPSA) is 84.9 Å². The highest BCUT2D eigenvalue weighted by molar-refractivity contribution is 5.97. The van der Waals surface area contributed by atoms with Crippen molar-refractivity contribution >= 4 is 17.6 Å². The van der Waals surface area contributed by atoms with E-state index < -0.39 is 30.0 Å². The van der Waals surface area contributed by atoms with Crippen molar-refractivity contribution < 1.29 is 24.2 Å². The Bertz CT molecular complexity index is 734. The molecular formula is C19H23NO5. The quantitative estimate of drug-likeness (QED) is 0.820. The van der Waals surface area contributed by atoms with Crippen LogP contribution in [-0.2, 0) is 19.7 Å². The number of hydrogen-bond acceptors (Lipinski definition) is 4. The third kappa shape index (κ3) is 3.14. The number of nitrogens with one attached hydrogen (secondary N) is 1. The van der Waals surface area contributed by atoms with Crippen molar-refractivity contribution in [2.45, 2.75) is 38.4 Å². The monoisotopic (exact) mass is 345 g/mol. The van der Waals surface area contributed by atoms with E-state index in [1.807, 2.05) is 18.2 Å². The fourth-order valence-corrected chi connectivity index (χ4v) is 3.40. The molecule has 1 aromatic carbocycles. The number of benzene rings is 1. The maximum Gasteiger partial charge on any atom is 0.310 e. The number of carboxylic acids is 1. The number of rotatable bonds is 4. The molecule has 0 spiro atoms.